The molecule has 0 aliphatic rings. The molecule has 1 heterocycles. The van der Waals surface area contributed by atoms with Crippen LogP contribution in [-0.2, 0) is 0 Å². The maximum Gasteiger partial charge on any atom is 0.573 e. The van der Waals surface area contributed by atoms with Gasteiger partial charge < -0.3 is 4.74 Å². The maximum absolute atomic E-state index is 11.9. The molecule has 0 aliphatic heterocycles. The molecule has 6 heteroatoms. The lowest BCUT2D eigenvalue weighted by Gasteiger charge is -2.08. The molecule has 1 aromatic carbocycles. The Bertz CT molecular complexity index is 449. The number of benzene rings is 1. The summed E-state index contributed by atoms with van der Waals surface area (Å²) in [4.78, 5) is 0. The lowest BCUT2D eigenvalue weighted by atomic mass is 10.2. The molecule has 0 atom stereocenters. The first-order valence-electron chi connectivity index (χ1n) is 3.74. The Balaban J connectivity index is 2.46. The summed E-state index contributed by atoms with van der Waals surface area (Å²) < 4.78 is 39.6. The number of aromatic amines is 1. The van der Waals surface area contributed by atoms with Gasteiger partial charge in [-0.1, -0.05) is 12.1 Å². The van der Waals surface area contributed by atoms with Gasteiger partial charge in [0.2, 0.25) is 0 Å². The van der Waals surface area contributed by atoms with Crippen molar-refractivity contribution in [2.75, 3.05) is 0 Å². The number of nitrogens with one attached hydrogen (secondary N) is 1. The number of ether oxygens (including phenoxy) is 1. The van der Waals surface area contributed by atoms with Gasteiger partial charge in [0, 0.05) is 5.39 Å². The van der Waals surface area contributed by atoms with Crippen LogP contribution in [0.25, 0.3) is 10.9 Å². The number of aromatic nitrogens is 2. The highest BCUT2D eigenvalue weighted by atomic mass is 19.4. The average Bonchev–Trinajstić information content (AvgIpc) is 2.49. The Labute approximate surface area is 76.5 Å². The van der Waals surface area contributed by atoms with Gasteiger partial charge in [-0.3, -0.25) is 5.10 Å². The van der Waals surface area contributed by atoms with Crippen LogP contribution in [0.3, 0.4) is 0 Å². The Morgan fingerprint density at radius 1 is 1.29 bits per heavy atom. The lowest BCUT2D eigenvalue weighted by molar-refractivity contribution is -0.274. The van der Waals surface area contributed by atoms with Crippen LogP contribution in [0.5, 0.6) is 5.75 Å². The molecule has 2 aromatic rings. The smallest absolute Gasteiger partial charge is 0.403 e. The number of rotatable bonds is 1. The molecule has 0 unspecified atom stereocenters. The van der Waals surface area contributed by atoms with Crippen molar-refractivity contribution in [2.45, 2.75) is 6.36 Å². The van der Waals surface area contributed by atoms with Gasteiger partial charge >= 0.3 is 6.36 Å². The number of halogens is 3. The number of H-pyrrole nitrogens is 1. The zero-order chi connectivity index (χ0) is 10.2. The summed E-state index contributed by atoms with van der Waals surface area (Å²) in [6, 6.07) is 4.34. The third-order valence-electron chi connectivity index (χ3n) is 1.66. The highest BCUT2D eigenvalue weighted by Crippen LogP contribution is 2.28. The molecule has 2 rings (SSSR count). The van der Waals surface area contributed by atoms with E-state index >= 15 is 0 Å². The minimum absolute atomic E-state index is 0.241. The van der Waals surface area contributed by atoms with E-state index in [-0.39, 0.29) is 11.3 Å². The fourth-order valence-corrected chi connectivity index (χ4v) is 1.15. The minimum atomic E-state index is -4.68. The molecule has 0 spiro atoms. The Kier molecular flexibility index (Phi) is 1.83. The van der Waals surface area contributed by atoms with Gasteiger partial charge in [0.25, 0.3) is 0 Å². The predicted octanol–water partition coefficient (Wildman–Crippen LogP) is 2.46. The number of alkyl halides is 3. The van der Waals surface area contributed by atoms with Gasteiger partial charge in [0.05, 0.1) is 6.20 Å². The first kappa shape index (κ1) is 8.86. The van der Waals surface area contributed by atoms with Gasteiger partial charge in [-0.15, -0.1) is 13.2 Å². The van der Waals surface area contributed by atoms with E-state index in [9.17, 15) is 13.2 Å². The molecule has 1 aromatic heterocycles. The number of fused-ring (bicyclic) bond motifs is 1. The van der Waals surface area contributed by atoms with Gasteiger partial charge in [-0.05, 0) is 6.07 Å². The molecule has 0 bridgehead atoms. The summed E-state index contributed by atoms with van der Waals surface area (Å²) in [6.45, 7) is 0. The monoisotopic (exact) mass is 202 g/mol. The van der Waals surface area contributed by atoms with E-state index in [1.807, 2.05) is 0 Å². The normalized spacial score (nSPS) is 11.9. The van der Waals surface area contributed by atoms with Gasteiger partial charge in [0.1, 0.15) is 5.52 Å². The van der Waals surface area contributed by atoms with Crippen LogP contribution in [0.15, 0.2) is 24.4 Å². The van der Waals surface area contributed by atoms with Crippen LogP contribution in [0, 0.1) is 0 Å². The van der Waals surface area contributed by atoms with E-state index < -0.39 is 6.36 Å². The summed E-state index contributed by atoms with van der Waals surface area (Å²) in [7, 11) is 0. The number of hydrogen-bond donors (Lipinski definition) is 1. The molecule has 14 heavy (non-hydrogen) atoms. The largest absolute Gasteiger partial charge is 0.573 e. The molecule has 0 fully saturated rings. The van der Waals surface area contributed by atoms with Crippen LogP contribution >= 0.6 is 0 Å². The molecule has 0 radical (unpaired) electrons. The van der Waals surface area contributed by atoms with Crippen LogP contribution in [0.2, 0.25) is 0 Å². The van der Waals surface area contributed by atoms with Crippen molar-refractivity contribution in [3.63, 3.8) is 0 Å². The van der Waals surface area contributed by atoms with Gasteiger partial charge in [0.15, 0.2) is 5.75 Å². The van der Waals surface area contributed by atoms with Gasteiger partial charge in [-0.25, -0.2) is 0 Å². The molecule has 3 nitrogen and oxygen atoms in total. The van der Waals surface area contributed by atoms with Crippen molar-refractivity contribution >= 4 is 10.9 Å². The number of nitrogens with zero attached hydrogens (tertiary/aromatic N) is 1. The number of para-hydroxylation sites is 1. The van der Waals surface area contributed by atoms with Crippen LogP contribution in [0.1, 0.15) is 0 Å². The van der Waals surface area contributed by atoms with Crippen molar-refractivity contribution in [3.8, 4) is 5.75 Å². The third kappa shape index (κ3) is 1.63. The SMILES string of the molecule is FC(F)(F)Oc1cccc2cn[nH]c12. The topological polar surface area (TPSA) is 37.9 Å². The van der Waals surface area contributed by atoms with Gasteiger partial charge in [-0.2, -0.15) is 5.10 Å². The summed E-state index contributed by atoms with van der Waals surface area (Å²) in [5.74, 6) is -0.271. The Hall–Kier alpha value is -1.72. The summed E-state index contributed by atoms with van der Waals surface area (Å²) in [5, 5.41) is 6.63. The van der Waals surface area contributed by atoms with E-state index in [0.717, 1.165) is 0 Å². The zero-order valence-electron chi connectivity index (χ0n) is 6.80. The van der Waals surface area contributed by atoms with Crippen molar-refractivity contribution in [1.29, 1.82) is 0 Å². The quantitative estimate of drug-likeness (QED) is 0.771. The zero-order valence-corrected chi connectivity index (χ0v) is 6.80. The van der Waals surface area contributed by atoms with E-state index in [1.54, 1.807) is 6.07 Å². The second-order valence-corrected chi connectivity index (χ2v) is 2.64. The molecule has 0 saturated carbocycles. The molecule has 0 saturated heterocycles. The minimum Gasteiger partial charge on any atom is -0.403 e. The average molecular weight is 202 g/mol. The first-order chi connectivity index (χ1) is 6.56. The van der Waals surface area contributed by atoms with Crippen LogP contribution < -0.4 is 4.74 Å². The molecule has 0 aliphatic carbocycles. The summed E-state index contributed by atoms with van der Waals surface area (Å²) in [6.07, 6.45) is -3.25. The molecular weight excluding hydrogens is 197 g/mol. The maximum atomic E-state index is 11.9. The van der Waals surface area contributed by atoms with Crippen molar-refractivity contribution in [2.24, 2.45) is 0 Å². The van der Waals surface area contributed by atoms with Crippen molar-refractivity contribution in [1.82, 2.24) is 10.2 Å². The van der Waals surface area contributed by atoms with Crippen LogP contribution in [-0.4, -0.2) is 16.6 Å². The lowest BCUT2D eigenvalue weighted by Crippen LogP contribution is -2.17. The van der Waals surface area contributed by atoms with Crippen LogP contribution in [0.4, 0.5) is 13.2 Å². The number of hydrogen-bond acceptors (Lipinski definition) is 2. The van der Waals surface area contributed by atoms with E-state index in [2.05, 4.69) is 14.9 Å². The highest BCUT2D eigenvalue weighted by molar-refractivity contribution is 5.83. The molecule has 0 amide bonds. The molecule has 74 valence electrons. The van der Waals surface area contributed by atoms with E-state index in [4.69, 9.17) is 0 Å². The second-order valence-electron chi connectivity index (χ2n) is 2.64. The fraction of sp³-hybridized carbons (Fsp3) is 0.125. The predicted molar refractivity (Wildman–Crippen MR) is 42.8 cm³/mol. The third-order valence-corrected chi connectivity index (χ3v) is 1.66. The highest BCUT2D eigenvalue weighted by Gasteiger charge is 2.31. The molecule has 1 N–H and O–H groups in total. The van der Waals surface area contributed by atoms with E-state index in [0.29, 0.717) is 5.39 Å². The second kappa shape index (κ2) is 2.90. The van der Waals surface area contributed by atoms with Crippen molar-refractivity contribution in [3.05, 3.63) is 24.4 Å². The first-order valence-corrected chi connectivity index (χ1v) is 3.74. The Morgan fingerprint density at radius 3 is 2.79 bits per heavy atom. The Morgan fingerprint density at radius 2 is 2.07 bits per heavy atom. The fourth-order valence-electron chi connectivity index (χ4n) is 1.15. The van der Waals surface area contributed by atoms with Crippen molar-refractivity contribution < 1.29 is 17.9 Å². The summed E-state index contributed by atoms with van der Waals surface area (Å²) in [5.41, 5.74) is 0.241. The van der Waals surface area contributed by atoms with E-state index in [1.165, 1.54) is 18.3 Å². The standard InChI is InChI=1S/C8H5F3N2O/c9-8(10,11)14-6-3-1-2-5-4-12-13-7(5)6/h1-4H,(H,12,13). The molecular formula is C8H5F3N2O. The summed E-state index contributed by atoms with van der Waals surface area (Å²) >= 11 is 0.